The summed E-state index contributed by atoms with van der Waals surface area (Å²) in [5, 5.41) is 20.8. The maximum atomic E-state index is 13.9. The number of aliphatic hydroxyl groups excluding tert-OH is 2. The van der Waals surface area contributed by atoms with Gasteiger partial charge in [0, 0.05) is 17.5 Å². The number of aromatic nitrogens is 1. The lowest BCUT2D eigenvalue weighted by Gasteiger charge is -2.22. The molecule has 1 heterocycles. The highest BCUT2D eigenvalue weighted by molar-refractivity contribution is 5.85. The van der Waals surface area contributed by atoms with Crippen molar-refractivity contribution in [2.24, 2.45) is 0 Å². The van der Waals surface area contributed by atoms with Gasteiger partial charge in [0.2, 0.25) is 0 Å². The Bertz CT molecular complexity index is 1280. The van der Waals surface area contributed by atoms with Crippen molar-refractivity contribution in [2.45, 2.75) is 64.1 Å². The summed E-state index contributed by atoms with van der Waals surface area (Å²) in [6, 6.07) is 14.9. The first kappa shape index (κ1) is 26.7. The third-order valence-electron chi connectivity index (χ3n) is 6.82. The number of ether oxygens (including phenoxy) is 1. The lowest BCUT2D eigenvalue weighted by atomic mass is 9.86. The molecule has 2 atom stereocenters. The van der Waals surface area contributed by atoms with E-state index in [0.717, 1.165) is 58.5 Å². The van der Waals surface area contributed by atoms with Gasteiger partial charge in [-0.2, -0.15) is 0 Å². The van der Waals surface area contributed by atoms with E-state index in [4.69, 9.17) is 4.98 Å². The summed E-state index contributed by atoms with van der Waals surface area (Å²) in [6.07, 6.45) is 4.06. The molecule has 37 heavy (non-hydrogen) atoms. The van der Waals surface area contributed by atoms with Crippen LogP contribution in [0.3, 0.4) is 0 Å². The molecule has 0 unspecified atom stereocenters. The van der Waals surface area contributed by atoms with Crippen molar-refractivity contribution in [1.82, 2.24) is 4.98 Å². The molecular formula is C31H34FNO4. The van der Waals surface area contributed by atoms with Crippen molar-refractivity contribution in [3.05, 3.63) is 82.8 Å². The minimum Gasteiger partial charge on any atom is -0.469 e. The predicted octanol–water partition coefficient (Wildman–Crippen LogP) is 5.86. The summed E-state index contributed by atoms with van der Waals surface area (Å²) in [5.41, 5.74) is 8.11. The summed E-state index contributed by atoms with van der Waals surface area (Å²) in [7, 11) is 1.26. The molecule has 2 aromatic carbocycles. The number of aryl methyl sites for hydroxylation is 1. The fraction of sp³-hybridized carbons (Fsp3) is 0.355. The van der Waals surface area contributed by atoms with Gasteiger partial charge in [-0.15, -0.1) is 0 Å². The van der Waals surface area contributed by atoms with Gasteiger partial charge < -0.3 is 14.9 Å². The molecule has 1 aromatic heterocycles. The highest BCUT2D eigenvalue weighted by atomic mass is 19.1. The zero-order chi connectivity index (χ0) is 26.5. The van der Waals surface area contributed by atoms with E-state index in [1.807, 2.05) is 12.1 Å². The normalized spacial score (nSPS) is 14.7. The van der Waals surface area contributed by atoms with Gasteiger partial charge in [-0.25, -0.2) is 4.39 Å². The van der Waals surface area contributed by atoms with E-state index >= 15 is 0 Å². The molecule has 5 nitrogen and oxygen atoms in total. The second-order valence-electron chi connectivity index (χ2n) is 9.88. The van der Waals surface area contributed by atoms with Crippen LogP contribution in [-0.4, -0.2) is 40.5 Å². The van der Waals surface area contributed by atoms with Crippen LogP contribution in [0.4, 0.5) is 4.39 Å². The number of methoxy groups -OCH3 is 1. The number of esters is 1. The van der Waals surface area contributed by atoms with E-state index in [2.05, 4.69) is 36.8 Å². The lowest BCUT2D eigenvalue weighted by molar-refractivity contribution is -0.143. The van der Waals surface area contributed by atoms with Crippen LogP contribution >= 0.6 is 0 Å². The molecular weight excluding hydrogens is 469 g/mol. The Hall–Kier alpha value is -3.35. The fourth-order valence-electron chi connectivity index (χ4n) is 5.03. The predicted molar refractivity (Wildman–Crippen MR) is 143 cm³/mol. The van der Waals surface area contributed by atoms with Gasteiger partial charge in [0.05, 0.1) is 37.1 Å². The molecule has 1 aliphatic carbocycles. The first-order valence-corrected chi connectivity index (χ1v) is 12.8. The van der Waals surface area contributed by atoms with Gasteiger partial charge in [-0.05, 0) is 59.6 Å². The average molecular weight is 504 g/mol. The molecule has 0 bridgehead atoms. The average Bonchev–Trinajstić information content (AvgIpc) is 3.06. The molecule has 0 radical (unpaired) electrons. The quantitative estimate of drug-likeness (QED) is 0.377. The van der Waals surface area contributed by atoms with E-state index in [0.29, 0.717) is 0 Å². The van der Waals surface area contributed by atoms with Gasteiger partial charge in [0.25, 0.3) is 0 Å². The molecule has 194 valence electrons. The number of carbonyl (C=O) groups excluding carboxylic acids is 1. The van der Waals surface area contributed by atoms with Gasteiger partial charge in [-0.3, -0.25) is 9.78 Å². The second-order valence-corrected chi connectivity index (χ2v) is 9.88. The summed E-state index contributed by atoms with van der Waals surface area (Å²) in [5.74, 6) is -0.744. The first-order valence-electron chi connectivity index (χ1n) is 12.8. The fourth-order valence-corrected chi connectivity index (χ4v) is 5.03. The monoisotopic (exact) mass is 503 g/mol. The van der Waals surface area contributed by atoms with Gasteiger partial charge in [-0.1, -0.05) is 62.4 Å². The number of hydrogen-bond donors (Lipinski definition) is 2. The maximum absolute atomic E-state index is 13.9. The topological polar surface area (TPSA) is 79.7 Å². The molecule has 0 amide bonds. The number of aliphatic hydroxyl groups is 2. The first-order chi connectivity index (χ1) is 17.8. The minimum atomic E-state index is -1.02. The third kappa shape index (κ3) is 6.14. The highest BCUT2D eigenvalue weighted by Gasteiger charge is 2.25. The Balaban J connectivity index is 1.86. The van der Waals surface area contributed by atoms with Crippen LogP contribution in [0, 0.1) is 5.82 Å². The number of benzene rings is 2. The number of pyridine rings is 1. The van der Waals surface area contributed by atoms with Crippen LogP contribution in [0.15, 0.2) is 54.6 Å². The Labute approximate surface area is 217 Å². The Morgan fingerprint density at radius 2 is 1.84 bits per heavy atom. The standard InChI is InChI=1S/C31H34FNO4/c1-19(2)30-27(16-15-23(34)17-24(35)18-28(36)37-3)29(21-11-13-22(32)14-12-21)26-10-6-8-20-7-4-5-9-25(20)31(26)33-30/h4-5,7,9,11-16,19,23-24,34-35H,6,8,10,17-18H2,1-3H3/b16-15+/t23-,24-/m1/s1. The van der Waals surface area contributed by atoms with Crippen LogP contribution in [0.25, 0.3) is 28.5 Å². The summed E-state index contributed by atoms with van der Waals surface area (Å²) < 4.78 is 18.5. The summed E-state index contributed by atoms with van der Waals surface area (Å²) in [4.78, 5) is 16.7. The molecule has 2 N–H and O–H groups in total. The molecule has 0 fully saturated rings. The molecule has 0 saturated carbocycles. The van der Waals surface area contributed by atoms with Crippen molar-refractivity contribution >= 4 is 12.0 Å². The van der Waals surface area contributed by atoms with E-state index in [1.165, 1.54) is 24.8 Å². The minimum absolute atomic E-state index is 0.000236. The van der Waals surface area contributed by atoms with Crippen LogP contribution in [0.1, 0.15) is 61.4 Å². The van der Waals surface area contributed by atoms with E-state index in [-0.39, 0.29) is 24.6 Å². The van der Waals surface area contributed by atoms with Crippen molar-refractivity contribution in [1.29, 1.82) is 0 Å². The van der Waals surface area contributed by atoms with Gasteiger partial charge in [0.1, 0.15) is 5.82 Å². The van der Waals surface area contributed by atoms with Crippen LogP contribution in [0.5, 0.6) is 0 Å². The number of hydrogen-bond acceptors (Lipinski definition) is 5. The smallest absolute Gasteiger partial charge is 0.308 e. The maximum Gasteiger partial charge on any atom is 0.308 e. The lowest BCUT2D eigenvalue weighted by Crippen LogP contribution is -2.20. The van der Waals surface area contributed by atoms with Crippen molar-refractivity contribution in [2.75, 3.05) is 7.11 Å². The molecule has 0 aliphatic heterocycles. The molecule has 0 spiro atoms. The zero-order valence-corrected chi connectivity index (χ0v) is 21.6. The molecule has 1 aliphatic rings. The van der Waals surface area contributed by atoms with Crippen LogP contribution in [0.2, 0.25) is 0 Å². The van der Waals surface area contributed by atoms with Crippen molar-refractivity contribution < 1.29 is 24.1 Å². The zero-order valence-electron chi connectivity index (χ0n) is 21.6. The molecule has 0 saturated heterocycles. The molecule has 3 aromatic rings. The van der Waals surface area contributed by atoms with Crippen LogP contribution in [-0.2, 0) is 22.4 Å². The van der Waals surface area contributed by atoms with Crippen LogP contribution < -0.4 is 0 Å². The number of carbonyl (C=O) groups is 1. The highest BCUT2D eigenvalue weighted by Crippen LogP contribution is 2.42. The van der Waals surface area contributed by atoms with Crippen molar-refractivity contribution in [3.63, 3.8) is 0 Å². The number of fused-ring (bicyclic) bond motifs is 3. The Morgan fingerprint density at radius 1 is 1.11 bits per heavy atom. The number of halogens is 1. The number of rotatable bonds is 8. The second kappa shape index (κ2) is 11.8. The number of nitrogens with zero attached hydrogens (tertiary/aromatic N) is 1. The SMILES string of the molecule is COC(=O)C[C@H](O)C[C@H](O)/C=C/c1c(C(C)C)nc2c(c1-c1ccc(F)cc1)CCCc1ccccc1-2. The van der Waals surface area contributed by atoms with E-state index in [9.17, 15) is 19.4 Å². The van der Waals surface area contributed by atoms with Gasteiger partial charge in [0.15, 0.2) is 0 Å². The Kier molecular flexibility index (Phi) is 8.52. The summed E-state index contributed by atoms with van der Waals surface area (Å²) >= 11 is 0. The summed E-state index contributed by atoms with van der Waals surface area (Å²) in [6.45, 7) is 4.17. The van der Waals surface area contributed by atoms with Crippen molar-refractivity contribution in [3.8, 4) is 22.4 Å². The molecule has 4 rings (SSSR count). The van der Waals surface area contributed by atoms with E-state index < -0.39 is 18.2 Å². The Morgan fingerprint density at radius 3 is 2.54 bits per heavy atom. The van der Waals surface area contributed by atoms with Gasteiger partial charge >= 0.3 is 5.97 Å². The molecule has 6 heteroatoms. The largest absolute Gasteiger partial charge is 0.469 e. The third-order valence-corrected chi connectivity index (χ3v) is 6.82. The van der Waals surface area contributed by atoms with E-state index in [1.54, 1.807) is 18.2 Å².